The molecule has 3 aromatic rings. The van der Waals surface area contributed by atoms with Gasteiger partial charge in [0, 0.05) is 17.6 Å². The summed E-state index contributed by atoms with van der Waals surface area (Å²) in [5, 5.41) is 5.91. The van der Waals surface area contributed by atoms with Crippen molar-refractivity contribution >= 4 is 23.1 Å². The molecular formula is C27H31F3N4. The molecule has 1 aromatic heterocycles. The highest BCUT2D eigenvalue weighted by atomic mass is 19.4. The minimum absolute atomic E-state index is 0.114. The summed E-state index contributed by atoms with van der Waals surface area (Å²) in [6.07, 6.45) is 5.48. The molecule has 1 heterocycles. The fourth-order valence-electron chi connectivity index (χ4n) is 4.47. The number of benzene rings is 2. The molecule has 34 heavy (non-hydrogen) atoms. The smallest absolute Gasteiger partial charge is 0.340 e. The van der Waals surface area contributed by atoms with Gasteiger partial charge in [-0.05, 0) is 67.0 Å². The van der Waals surface area contributed by atoms with Gasteiger partial charge in [-0.3, -0.25) is 0 Å². The van der Waals surface area contributed by atoms with Crippen LogP contribution >= 0.6 is 0 Å². The Balaban J connectivity index is 1.53. The van der Waals surface area contributed by atoms with Crippen LogP contribution in [0.3, 0.4) is 0 Å². The molecule has 0 atom stereocenters. The number of halogens is 3. The highest BCUT2D eigenvalue weighted by Gasteiger charge is 2.35. The maximum Gasteiger partial charge on any atom is 0.421 e. The second kappa shape index (κ2) is 10.9. The zero-order chi connectivity index (χ0) is 24.0. The third kappa shape index (κ3) is 6.27. The molecule has 4 nitrogen and oxygen atoms in total. The van der Waals surface area contributed by atoms with Gasteiger partial charge in [-0.1, -0.05) is 56.9 Å². The van der Waals surface area contributed by atoms with E-state index in [0.29, 0.717) is 11.6 Å². The van der Waals surface area contributed by atoms with Crippen LogP contribution in [0.1, 0.15) is 74.5 Å². The zero-order valence-corrected chi connectivity index (χ0v) is 19.5. The second-order valence-electron chi connectivity index (χ2n) is 8.96. The first-order chi connectivity index (χ1) is 16.4. The van der Waals surface area contributed by atoms with Crippen LogP contribution in [-0.4, -0.2) is 9.97 Å². The fourth-order valence-corrected chi connectivity index (χ4v) is 4.47. The first-order valence-electron chi connectivity index (χ1n) is 12.1. The Morgan fingerprint density at radius 3 is 2.41 bits per heavy atom. The van der Waals surface area contributed by atoms with E-state index in [1.165, 1.54) is 37.7 Å². The van der Waals surface area contributed by atoms with Crippen molar-refractivity contribution in [1.82, 2.24) is 9.97 Å². The van der Waals surface area contributed by atoms with Gasteiger partial charge in [0.1, 0.15) is 11.4 Å². The molecule has 2 aromatic carbocycles. The number of hydrogen-bond acceptors (Lipinski definition) is 4. The van der Waals surface area contributed by atoms with Crippen LogP contribution in [0.25, 0.3) is 0 Å². The maximum atomic E-state index is 13.6. The fraction of sp³-hybridized carbons (Fsp3) is 0.407. The Labute approximate surface area is 199 Å². The molecule has 0 unspecified atom stereocenters. The van der Waals surface area contributed by atoms with E-state index >= 15 is 0 Å². The van der Waals surface area contributed by atoms with Crippen molar-refractivity contribution in [2.75, 3.05) is 10.6 Å². The molecule has 4 rings (SSSR count). The van der Waals surface area contributed by atoms with Gasteiger partial charge in [-0.25, -0.2) is 4.98 Å². The number of aromatic nitrogens is 2. The molecular weight excluding hydrogens is 437 g/mol. The molecule has 180 valence electrons. The third-order valence-electron chi connectivity index (χ3n) is 6.35. The van der Waals surface area contributed by atoms with Crippen molar-refractivity contribution in [3.05, 3.63) is 71.4 Å². The minimum atomic E-state index is -4.57. The lowest BCUT2D eigenvalue weighted by Gasteiger charge is -2.22. The predicted molar refractivity (Wildman–Crippen MR) is 131 cm³/mol. The lowest BCUT2D eigenvalue weighted by Crippen LogP contribution is -2.12. The molecule has 0 amide bonds. The first kappa shape index (κ1) is 24.0. The average molecular weight is 469 g/mol. The minimum Gasteiger partial charge on any atom is -0.340 e. The van der Waals surface area contributed by atoms with Crippen molar-refractivity contribution < 1.29 is 13.2 Å². The van der Waals surface area contributed by atoms with Crippen LogP contribution in [-0.2, 0) is 12.6 Å². The summed E-state index contributed by atoms with van der Waals surface area (Å²) in [5.41, 5.74) is 2.80. The number of aryl methyl sites for hydroxylation is 1. The van der Waals surface area contributed by atoms with Crippen molar-refractivity contribution in [2.45, 2.75) is 70.4 Å². The molecule has 0 spiro atoms. The highest BCUT2D eigenvalue weighted by Crippen LogP contribution is 2.36. The SMILES string of the molecule is CCCCc1cccc(Nc2nc(Nc3ccc(C4CCCCC4)cc3)ncc2C(F)(F)F)c1. The molecule has 1 saturated carbocycles. The van der Waals surface area contributed by atoms with Crippen LogP contribution in [0.5, 0.6) is 0 Å². The van der Waals surface area contributed by atoms with Gasteiger partial charge in [0.2, 0.25) is 5.95 Å². The van der Waals surface area contributed by atoms with E-state index in [1.54, 1.807) is 6.07 Å². The largest absolute Gasteiger partial charge is 0.421 e. The van der Waals surface area contributed by atoms with E-state index in [0.717, 1.165) is 36.7 Å². The van der Waals surface area contributed by atoms with Gasteiger partial charge < -0.3 is 10.6 Å². The molecule has 1 aliphatic rings. The lowest BCUT2D eigenvalue weighted by atomic mass is 9.84. The zero-order valence-electron chi connectivity index (χ0n) is 19.5. The summed E-state index contributed by atoms with van der Waals surface area (Å²) in [6, 6.07) is 15.5. The summed E-state index contributed by atoms with van der Waals surface area (Å²) >= 11 is 0. The van der Waals surface area contributed by atoms with E-state index < -0.39 is 11.7 Å². The van der Waals surface area contributed by atoms with Crippen molar-refractivity contribution in [2.24, 2.45) is 0 Å². The Morgan fingerprint density at radius 2 is 1.71 bits per heavy atom. The van der Waals surface area contributed by atoms with Gasteiger partial charge in [0.05, 0.1) is 0 Å². The van der Waals surface area contributed by atoms with Gasteiger partial charge in [0.15, 0.2) is 0 Å². The maximum absolute atomic E-state index is 13.6. The normalized spacial score (nSPS) is 14.7. The monoisotopic (exact) mass is 468 g/mol. The Bertz CT molecular complexity index is 1070. The van der Waals surface area contributed by atoms with E-state index in [2.05, 4.69) is 39.7 Å². The molecule has 7 heteroatoms. The quantitative estimate of drug-likeness (QED) is 0.349. The summed E-state index contributed by atoms with van der Waals surface area (Å²) in [7, 11) is 0. The third-order valence-corrected chi connectivity index (χ3v) is 6.35. The van der Waals surface area contributed by atoms with Crippen LogP contribution in [0, 0.1) is 0 Å². The second-order valence-corrected chi connectivity index (χ2v) is 8.96. The van der Waals surface area contributed by atoms with Crippen molar-refractivity contribution in [3.63, 3.8) is 0 Å². The number of alkyl halides is 3. The van der Waals surface area contributed by atoms with E-state index in [4.69, 9.17) is 0 Å². The summed E-state index contributed by atoms with van der Waals surface area (Å²) in [6.45, 7) is 2.11. The Kier molecular flexibility index (Phi) is 7.70. The Morgan fingerprint density at radius 1 is 0.941 bits per heavy atom. The summed E-state index contributed by atoms with van der Waals surface area (Å²) in [5.74, 6) is 0.438. The highest BCUT2D eigenvalue weighted by molar-refractivity contribution is 5.63. The summed E-state index contributed by atoms with van der Waals surface area (Å²) in [4.78, 5) is 8.11. The van der Waals surface area contributed by atoms with Gasteiger partial charge >= 0.3 is 6.18 Å². The molecule has 0 bridgehead atoms. The van der Waals surface area contributed by atoms with Crippen LogP contribution in [0.2, 0.25) is 0 Å². The first-order valence-corrected chi connectivity index (χ1v) is 12.1. The number of rotatable bonds is 8. The van der Waals surface area contributed by atoms with Gasteiger partial charge in [-0.2, -0.15) is 18.2 Å². The molecule has 1 fully saturated rings. The molecule has 0 aliphatic heterocycles. The van der Waals surface area contributed by atoms with Crippen LogP contribution in [0.15, 0.2) is 54.7 Å². The van der Waals surface area contributed by atoms with Gasteiger partial charge in [-0.15, -0.1) is 0 Å². The average Bonchev–Trinajstić information content (AvgIpc) is 2.83. The summed E-state index contributed by atoms with van der Waals surface area (Å²) < 4.78 is 40.9. The van der Waals surface area contributed by atoms with Crippen LogP contribution in [0.4, 0.5) is 36.3 Å². The van der Waals surface area contributed by atoms with Crippen LogP contribution < -0.4 is 10.6 Å². The number of nitrogens with one attached hydrogen (secondary N) is 2. The number of hydrogen-bond donors (Lipinski definition) is 2. The molecule has 2 N–H and O–H groups in total. The van der Waals surface area contributed by atoms with E-state index in [9.17, 15) is 13.2 Å². The molecule has 1 aliphatic carbocycles. The molecule has 0 radical (unpaired) electrons. The lowest BCUT2D eigenvalue weighted by molar-refractivity contribution is -0.137. The van der Waals surface area contributed by atoms with E-state index in [-0.39, 0.29) is 11.8 Å². The van der Waals surface area contributed by atoms with Crippen molar-refractivity contribution in [1.29, 1.82) is 0 Å². The Hall–Kier alpha value is -3.09. The standard InChI is InChI=1S/C27H31F3N4/c1-2-3-8-19-9-7-12-23(17-19)32-25-24(27(28,29)30)18-31-26(34-25)33-22-15-13-21(14-16-22)20-10-5-4-6-11-20/h7,9,12-18,20H,2-6,8,10-11H2,1H3,(H2,31,32,33,34). The van der Waals surface area contributed by atoms with Gasteiger partial charge in [0.25, 0.3) is 0 Å². The number of anilines is 4. The molecule has 0 saturated heterocycles. The van der Waals surface area contributed by atoms with Crippen molar-refractivity contribution in [3.8, 4) is 0 Å². The topological polar surface area (TPSA) is 49.8 Å². The predicted octanol–water partition coefficient (Wildman–Crippen LogP) is 8.37. The number of nitrogens with zero attached hydrogens (tertiary/aromatic N) is 2. The number of unbranched alkanes of at least 4 members (excludes halogenated alkanes) is 1. The van der Waals surface area contributed by atoms with E-state index in [1.807, 2.05) is 30.3 Å².